The monoisotopic (exact) mass is 166 g/mol. The first kappa shape index (κ1) is 9.20. The van der Waals surface area contributed by atoms with Crippen LogP contribution in [0.5, 0.6) is 0 Å². The van der Waals surface area contributed by atoms with E-state index >= 15 is 0 Å². The van der Waals surface area contributed by atoms with Crippen LogP contribution < -0.4 is 0 Å². The van der Waals surface area contributed by atoms with Crippen molar-refractivity contribution in [2.45, 2.75) is 25.9 Å². The van der Waals surface area contributed by atoms with Crippen molar-refractivity contribution in [1.29, 1.82) is 0 Å². The molecule has 0 fully saturated rings. The number of ketones is 1. The number of aliphatic hydroxyl groups excluding tert-OH is 1. The zero-order valence-electron chi connectivity index (χ0n) is 7.23. The van der Waals surface area contributed by atoms with Gasteiger partial charge in [-0.15, -0.1) is 0 Å². The summed E-state index contributed by atoms with van der Waals surface area (Å²) in [6.45, 7) is 2.04. The molecule has 0 amide bonds. The lowest BCUT2D eigenvalue weighted by atomic mass is 9.99. The van der Waals surface area contributed by atoms with Crippen LogP contribution in [0.1, 0.15) is 19.8 Å². The predicted octanol–water partition coefficient (Wildman–Crippen LogP) is 1.46. The Balaban J connectivity index is 2.42. The van der Waals surface area contributed by atoms with E-state index in [-0.39, 0.29) is 11.7 Å². The summed E-state index contributed by atoms with van der Waals surface area (Å²) >= 11 is 0. The van der Waals surface area contributed by atoms with Crippen molar-refractivity contribution in [1.82, 2.24) is 0 Å². The van der Waals surface area contributed by atoms with Gasteiger partial charge in [0.15, 0.2) is 5.78 Å². The molecule has 66 valence electrons. The highest BCUT2D eigenvalue weighted by molar-refractivity contribution is 5.95. The van der Waals surface area contributed by atoms with Gasteiger partial charge in [0.25, 0.3) is 0 Å². The second-order valence-electron chi connectivity index (χ2n) is 2.97. The van der Waals surface area contributed by atoms with Crippen molar-refractivity contribution in [2.75, 3.05) is 0 Å². The van der Waals surface area contributed by atoms with Crippen LogP contribution >= 0.6 is 0 Å². The summed E-state index contributed by atoms with van der Waals surface area (Å²) < 4.78 is 0. The molecule has 0 spiro atoms. The molecule has 0 aliphatic heterocycles. The minimum absolute atomic E-state index is 0.0447. The average molecular weight is 166 g/mol. The first-order chi connectivity index (χ1) is 5.75. The highest BCUT2D eigenvalue weighted by Gasteiger charge is 2.26. The lowest BCUT2D eigenvalue weighted by molar-refractivity contribution is -0.119. The summed E-state index contributed by atoms with van der Waals surface area (Å²) in [4.78, 5) is 11.1. The summed E-state index contributed by atoms with van der Waals surface area (Å²) in [5.41, 5.74) is 0. The van der Waals surface area contributed by atoms with Gasteiger partial charge in [-0.25, -0.2) is 0 Å². The second-order valence-corrected chi connectivity index (χ2v) is 2.97. The Hall–Kier alpha value is -0.890. The highest BCUT2D eigenvalue weighted by atomic mass is 16.3. The Labute approximate surface area is 72.6 Å². The minimum Gasteiger partial charge on any atom is -0.388 e. The molecule has 0 radical (unpaired) electrons. The zero-order chi connectivity index (χ0) is 8.97. The number of carbonyl (C=O) groups is 1. The molecule has 0 saturated heterocycles. The van der Waals surface area contributed by atoms with E-state index < -0.39 is 6.10 Å². The number of hydrogen-bond acceptors (Lipinski definition) is 2. The van der Waals surface area contributed by atoms with Crippen molar-refractivity contribution in [3.63, 3.8) is 0 Å². The fraction of sp³-hybridized carbons (Fsp3) is 0.500. The van der Waals surface area contributed by atoms with Crippen molar-refractivity contribution >= 4 is 5.78 Å². The van der Waals surface area contributed by atoms with E-state index in [1.165, 1.54) is 6.08 Å². The lowest BCUT2D eigenvalue weighted by Crippen LogP contribution is -2.18. The number of rotatable bonds is 3. The highest BCUT2D eigenvalue weighted by Crippen LogP contribution is 2.19. The van der Waals surface area contributed by atoms with Gasteiger partial charge >= 0.3 is 0 Å². The molecule has 2 atom stereocenters. The summed E-state index contributed by atoms with van der Waals surface area (Å²) in [5.74, 6) is -0.184. The van der Waals surface area contributed by atoms with E-state index in [9.17, 15) is 9.90 Å². The van der Waals surface area contributed by atoms with Gasteiger partial charge in [-0.05, 0) is 18.9 Å². The van der Waals surface area contributed by atoms with Crippen LogP contribution in [0.2, 0.25) is 0 Å². The topological polar surface area (TPSA) is 37.3 Å². The second kappa shape index (κ2) is 4.21. The SMILES string of the molecule is CC/C=C\CC1C(=O)C=CC1O. The van der Waals surface area contributed by atoms with Crippen LogP contribution in [0.25, 0.3) is 0 Å². The van der Waals surface area contributed by atoms with Gasteiger partial charge in [0, 0.05) is 0 Å². The van der Waals surface area contributed by atoms with E-state index in [1.807, 2.05) is 19.1 Å². The molecule has 2 nitrogen and oxygen atoms in total. The van der Waals surface area contributed by atoms with E-state index in [0.29, 0.717) is 6.42 Å². The van der Waals surface area contributed by atoms with Crippen LogP contribution in [0.3, 0.4) is 0 Å². The molecule has 0 bridgehead atoms. The van der Waals surface area contributed by atoms with Gasteiger partial charge < -0.3 is 5.11 Å². The van der Waals surface area contributed by atoms with Gasteiger partial charge in [-0.2, -0.15) is 0 Å². The van der Waals surface area contributed by atoms with E-state index in [1.54, 1.807) is 6.08 Å². The molecule has 1 N–H and O–H groups in total. The van der Waals surface area contributed by atoms with Crippen LogP contribution in [0.15, 0.2) is 24.3 Å². The van der Waals surface area contributed by atoms with Gasteiger partial charge in [-0.3, -0.25) is 4.79 Å². The summed E-state index contributed by atoms with van der Waals surface area (Å²) in [5, 5.41) is 9.32. The van der Waals surface area contributed by atoms with Crippen molar-refractivity contribution in [2.24, 2.45) is 5.92 Å². The Morgan fingerprint density at radius 3 is 2.83 bits per heavy atom. The quantitative estimate of drug-likeness (QED) is 0.644. The van der Waals surface area contributed by atoms with Gasteiger partial charge in [0.1, 0.15) is 0 Å². The molecular formula is C10H14O2. The molecule has 0 aromatic heterocycles. The summed E-state index contributed by atoms with van der Waals surface area (Å²) in [6, 6.07) is 0. The molecule has 0 heterocycles. The largest absolute Gasteiger partial charge is 0.388 e. The van der Waals surface area contributed by atoms with E-state index in [2.05, 4.69) is 0 Å². The normalized spacial score (nSPS) is 29.0. The number of allylic oxidation sites excluding steroid dienone is 3. The zero-order valence-corrected chi connectivity index (χ0v) is 7.23. The van der Waals surface area contributed by atoms with Crippen LogP contribution in [0.4, 0.5) is 0 Å². The maximum atomic E-state index is 11.1. The fourth-order valence-electron chi connectivity index (χ4n) is 1.28. The number of aliphatic hydroxyl groups is 1. The maximum Gasteiger partial charge on any atom is 0.161 e. The summed E-state index contributed by atoms with van der Waals surface area (Å²) in [6.07, 6.45) is 8.06. The van der Waals surface area contributed by atoms with Gasteiger partial charge in [-0.1, -0.05) is 25.2 Å². The fourth-order valence-corrected chi connectivity index (χ4v) is 1.28. The molecule has 2 unspecified atom stereocenters. The standard InChI is InChI=1S/C10H14O2/c1-2-3-4-5-8-9(11)6-7-10(8)12/h3-4,6-9,11H,2,5H2,1H3/b4-3-. The molecule has 12 heavy (non-hydrogen) atoms. The molecule has 2 heteroatoms. The van der Waals surface area contributed by atoms with Crippen molar-refractivity contribution in [3.8, 4) is 0 Å². The Morgan fingerprint density at radius 1 is 1.58 bits per heavy atom. The summed E-state index contributed by atoms with van der Waals surface area (Å²) in [7, 11) is 0. The van der Waals surface area contributed by atoms with E-state index in [4.69, 9.17) is 0 Å². The lowest BCUT2D eigenvalue weighted by Gasteiger charge is -2.09. The van der Waals surface area contributed by atoms with Crippen LogP contribution in [0, 0.1) is 5.92 Å². The smallest absolute Gasteiger partial charge is 0.161 e. The molecular weight excluding hydrogens is 152 g/mol. The van der Waals surface area contributed by atoms with Crippen LogP contribution in [-0.4, -0.2) is 17.0 Å². The third kappa shape index (κ3) is 2.05. The molecule has 0 aromatic carbocycles. The Kier molecular flexibility index (Phi) is 3.23. The first-order valence-electron chi connectivity index (χ1n) is 4.30. The number of carbonyl (C=O) groups excluding carboxylic acids is 1. The van der Waals surface area contributed by atoms with Gasteiger partial charge in [0.05, 0.1) is 12.0 Å². The third-order valence-electron chi connectivity index (χ3n) is 2.03. The minimum atomic E-state index is -0.570. The number of hydrogen-bond donors (Lipinski definition) is 1. The predicted molar refractivity (Wildman–Crippen MR) is 47.7 cm³/mol. The van der Waals surface area contributed by atoms with Gasteiger partial charge in [0.2, 0.25) is 0 Å². The average Bonchev–Trinajstić information content (AvgIpc) is 2.35. The molecule has 1 rings (SSSR count). The maximum absolute atomic E-state index is 11.1. The Bertz CT molecular complexity index is 216. The molecule has 1 aliphatic rings. The molecule has 0 aromatic rings. The van der Waals surface area contributed by atoms with Crippen LogP contribution in [-0.2, 0) is 4.79 Å². The molecule has 0 saturated carbocycles. The Morgan fingerprint density at radius 2 is 2.33 bits per heavy atom. The van der Waals surface area contributed by atoms with Crippen molar-refractivity contribution in [3.05, 3.63) is 24.3 Å². The third-order valence-corrected chi connectivity index (χ3v) is 2.03. The van der Waals surface area contributed by atoms with Crippen molar-refractivity contribution < 1.29 is 9.90 Å². The molecule has 1 aliphatic carbocycles. The first-order valence-corrected chi connectivity index (χ1v) is 4.30. The van der Waals surface area contributed by atoms with E-state index in [0.717, 1.165) is 6.42 Å².